The molecule has 0 radical (unpaired) electrons. The molecular formula is C11H19N3O2S. The lowest BCUT2D eigenvalue weighted by Crippen LogP contribution is -2.23. The molecule has 0 saturated carbocycles. The van der Waals surface area contributed by atoms with Crippen molar-refractivity contribution in [3.63, 3.8) is 0 Å². The van der Waals surface area contributed by atoms with E-state index >= 15 is 0 Å². The first kappa shape index (κ1) is 13.9. The Hall–Kier alpha value is -1.17. The molecule has 0 aliphatic carbocycles. The molecule has 1 rings (SSSR count). The van der Waals surface area contributed by atoms with Crippen molar-refractivity contribution in [1.29, 1.82) is 0 Å². The van der Waals surface area contributed by atoms with Crippen LogP contribution in [0.3, 0.4) is 0 Å². The van der Waals surface area contributed by atoms with Crippen LogP contribution in [0.1, 0.15) is 20.8 Å². The van der Waals surface area contributed by atoms with Crippen molar-refractivity contribution in [1.82, 2.24) is 9.97 Å². The summed E-state index contributed by atoms with van der Waals surface area (Å²) < 4.78 is 16.5. The van der Waals surface area contributed by atoms with Crippen LogP contribution in [0.15, 0.2) is 12.3 Å². The summed E-state index contributed by atoms with van der Waals surface area (Å²) in [5.41, 5.74) is 0. The van der Waals surface area contributed by atoms with Gasteiger partial charge in [-0.25, -0.2) is 4.98 Å². The first-order valence-corrected chi connectivity index (χ1v) is 7.26. The van der Waals surface area contributed by atoms with E-state index in [0.29, 0.717) is 17.6 Å². The van der Waals surface area contributed by atoms with Crippen LogP contribution in [0.25, 0.3) is 0 Å². The predicted octanol–water partition coefficient (Wildman–Crippen LogP) is 1.44. The zero-order valence-corrected chi connectivity index (χ0v) is 11.5. The van der Waals surface area contributed by atoms with Gasteiger partial charge in [-0.1, -0.05) is 0 Å². The van der Waals surface area contributed by atoms with Gasteiger partial charge < -0.3 is 10.1 Å². The van der Waals surface area contributed by atoms with Gasteiger partial charge in [-0.2, -0.15) is 4.98 Å². The standard InChI is InChI=1S/C11H19N3O2S/c1-8(2)16-10-5-6-12-11(14-10)13-9(3)7-17(4)15/h5-6,8-9H,7H2,1-4H3,(H,12,13,14). The molecule has 0 bridgehead atoms. The zero-order valence-electron chi connectivity index (χ0n) is 10.6. The van der Waals surface area contributed by atoms with Gasteiger partial charge in [0.1, 0.15) is 0 Å². The fourth-order valence-electron chi connectivity index (χ4n) is 1.33. The first-order valence-electron chi connectivity index (χ1n) is 5.53. The molecule has 1 aromatic heterocycles. The molecule has 0 saturated heterocycles. The summed E-state index contributed by atoms with van der Waals surface area (Å²) in [4.78, 5) is 8.31. The maximum absolute atomic E-state index is 11.1. The van der Waals surface area contributed by atoms with Crippen LogP contribution >= 0.6 is 0 Å². The van der Waals surface area contributed by atoms with Gasteiger partial charge in [-0.3, -0.25) is 4.21 Å². The lowest BCUT2D eigenvalue weighted by Gasteiger charge is -2.13. The summed E-state index contributed by atoms with van der Waals surface area (Å²) in [6.45, 7) is 5.83. The Morgan fingerprint density at radius 1 is 1.47 bits per heavy atom. The molecular weight excluding hydrogens is 238 g/mol. The van der Waals surface area contributed by atoms with E-state index in [1.807, 2.05) is 20.8 Å². The highest BCUT2D eigenvalue weighted by molar-refractivity contribution is 7.84. The number of hydrogen-bond acceptors (Lipinski definition) is 5. The molecule has 0 aliphatic heterocycles. The fourth-order valence-corrected chi connectivity index (χ4v) is 2.12. The largest absolute Gasteiger partial charge is 0.475 e. The second-order valence-corrected chi connectivity index (χ2v) is 5.65. The molecule has 0 spiro atoms. The van der Waals surface area contributed by atoms with Crippen molar-refractivity contribution < 1.29 is 8.95 Å². The summed E-state index contributed by atoms with van der Waals surface area (Å²) in [5, 5.41) is 3.09. The van der Waals surface area contributed by atoms with Crippen LogP contribution in [0.4, 0.5) is 5.95 Å². The Morgan fingerprint density at radius 2 is 2.18 bits per heavy atom. The second kappa shape index (κ2) is 6.54. The minimum absolute atomic E-state index is 0.0649. The number of nitrogens with one attached hydrogen (secondary N) is 1. The second-order valence-electron chi connectivity index (χ2n) is 4.17. The van der Waals surface area contributed by atoms with Gasteiger partial charge in [-0.15, -0.1) is 0 Å². The van der Waals surface area contributed by atoms with Crippen LogP contribution in [0.2, 0.25) is 0 Å². The molecule has 0 aromatic carbocycles. The maximum Gasteiger partial charge on any atom is 0.226 e. The van der Waals surface area contributed by atoms with Crippen LogP contribution in [0, 0.1) is 0 Å². The quantitative estimate of drug-likeness (QED) is 0.835. The van der Waals surface area contributed by atoms with Crippen molar-refractivity contribution >= 4 is 16.7 Å². The van der Waals surface area contributed by atoms with Gasteiger partial charge >= 0.3 is 0 Å². The number of anilines is 1. The van der Waals surface area contributed by atoms with Crippen molar-refractivity contribution in [2.24, 2.45) is 0 Å². The average Bonchev–Trinajstić information content (AvgIpc) is 2.14. The third-order valence-corrected chi connectivity index (χ3v) is 2.82. The molecule has 5 nitrogen and oxygen atoms in total. The molecule has 1 heterocycles. The number of nitrogens with zero attached hydrogens (tertiary/aromatic N) is 2. The molecule has 96 valence electrons. The smallest absolute Gasteiger partial charge is 0.226 e. The van der Waals surface area contributed by atoms with E-state index in [2.05, 4.69) is 15.3 Å². The SMILES string of the molecule is CC(CS(C)=O)Nc1nccc(OC(C)C)n1. The van der Waals surface area contributed by atoms with Gasteiger partial charge in [-0.05, 0) is 20.8 Å². The molecule has 1 N–H and O–H groups in total. The molecule has 6 heteroatoms. The van der Waals surface area contributed by atoms with Gasteiger partial charge in [0.15, 0.2) is 0 Å². The maximum atomic E-state index is 11.1. The molecule has 17 heavy (non-hydrogen) atoms. The van der Waals surface area contributed by atoms with Gasteiger partial charge in [0.2, 0.25) is 11.8 Å². The summed E-state index contributed by atoms with van der Waals surface area (Å²) in [7, 11) is -0.833. The summed E-state index contributed by atoms with van der Waals surface area (Å²) in [6.07, 6.45) is 3.40. The van der Waals surface area contributed by atoms with E-state index in [1.165, 1.54) is 0 Å². The van der Waals surface area contributed by atoms with E-state index in [-0.39, 0.29) is 12.1 Å². The van der Waals surface area contributed by atoms with E-state index in [1.54, 1.807) is 18.5 Å². The molecule has 0 amide bonds. The van der Waals surface area contributed by atoms with Crippen LogP contribution in [-0.4, -0.2) is 38.3 Å². The number of ether oxygens (including phenoxy) is 1. The fraction of sp³-hybridized carbons (Fsp3) is 0.636. The summed E-state index contributed by atoms with van der Waals surface area (Å²) in [6, 6.07) is 1.78. The molecule has 2 unspecified atom stereocenters. The third kappa shape index (κ3) is 5.63. The van der Waals surface area contributed by atoms with Crippen molar-refractivity contribution in [2.75, 3.05) is 17.3 Å². The van der Waals surface area contributed by atoms with E-state index in [0.717, 1.165) is 0 Å². The molecule has 0 fully saturated rings. The molecule has 0 aliphatic rings. The van der Waals surface area contributed by atoms with E-state index in [9.17, 15) is 4.21 Å². The number of rotatable bonds is 6. The number of hydrogen-bond donors (Lipinski definition) is 1. The third-order valence-electron chi connectivity index (χ3n) is 1.85. The molecule has 2 atom stereocenters. The lowest BCUT2D eigenvalue weighted by molar-refractivity contribution is 0.232. The zero-order chi connectivity index (χ0) is 12.8. The van der Waals surface area contributed by atoms with Crippen molar-refractivity contribution in [3.05, 3.63) is 12.3 Å². The Kier molecular flexibility index (Phi) is 5.34. The summed E-state index contributed by atoms with van der Waals surface area (Å²) in [5.74, 6) is 1.61. The topological polar surface area (TPSA) is 64.1 Å². The van der Waals surface area contributed by atoms with Crippen LogP contribution in [-0.2, 0) is 10.8 Å². The van der Waals surface area contributed by atoms with E-state index < -0.39 is 10.8 Å². The first-order chi connectivity index (χ1) is 7.97. The highest BCUT2D eigenvalue weighted by Gasteiger charge is 2.07. The van der Waals surface area contributed by atoms with Crippen LogP contribution < -0.4 is 10.1 Å². The Morgan fingerprint density at radius 3 is 2.76 bits per heavy atom. The Balaban J connectivity index is 2.62. The normalized spacial score (nSPS) is 14.4. The van der Waals surface area contributed by atoms with Gasteiger partial charge in [0, 0.05) is 41.1 Å². The van der Waals surface area contributed by atoms with Gasteiger partial charge in [0.05, 0.1) is 6.10 Å². The Bertz CT molecular complexity index is 385. The average molecular weight is 257 g/mol. The van der Waals surface area contributed by atoms with E-state index in [4.69, 9.17) is 4.74 Å². The van der Waals surface area contributed by atoms with Crippen LogP contribution in [0.5, 0.6) is 5.88 Å². The van der Waals surface area contributed by atoms with Crippen molar-refractivity contribution in [3.8, 4) is 5.88 Å². The molecule has 1 aromatic rings. The lowest BCUT2D eigenvalue weighted by atomic mass is 10.4. The van der Waals surface area contributed by atoms with Crippen molar-refractivity contribution in [2.45, 2.75) is 32.9 Å². The highest BCUT2D eigenvalue weighted by atomic mass is 32.2. The summed E-state index contributed by atoms with van der Waals surface area (Å²) >= 11 is 0. The predicted molar refractivity (Wildman–Crippen MR) is 69.8 cm³/mol. The highest BCUT2D eigenvalue weighted by Crippen LogP contribution is 2.10. The Labute approximate surface area is 104 Å². The van der Waals surface area contributed by atoms with Gasteiger partial charge in [0.25, 0.3) is 0 Å². The minimum Gasteiger partial charge on any atom is -0.475 e. The monoisotopic (exact) mass is 257 g/mol. The minimum atomic E-state index is -0.833. The number of aromatic nitrogens is 2.